The highest BCUT2D eigenvalue weighted by Crippen LogP contribution is 2.11. The van der Waals surface area contributed by atoms with Crippen molar-refractivity contribution in [3.8, 4) is 12.3 Å². The molecule has 0 saturated carbocycles. The molecule has 1 heterocycles. The minimum absolute atomic E-state index is 0.0456. The second-order valence-electron chi connectivity index (χ2n) is 4.17. The van der Waals surface area contributed by atoms with E-state index in [4.69, 9.17) is 6.42 Å². The van der Waals surface area contributed by atoms with Crippen molar-refractivity contribution in [2.45, 2.75) is 19.4 Å². The number of fused-ring (bicyclic) bond motifs is 1. The van der Waals surface area contributed by atoms with Crippen molar-refractivity contribution in [3.63, 3.8) is 0 Å². The number of carbonyl (C=O) groups excluding carboxylic acids is 1. The van der Waals surface area contributed by atoms with Crippen molar-refractivity contribution in [3.05, 3.63) is 42.1 Å². The lowest BCUT2D eigenvalue weighted by molar-refractivity contribution is 0.0936. The van der Waals surface area contributed by atoms with Crippen LogP contribution in [-0.2, 0) is 0 Å². The highest BCUT2D eigenvalue weighted by atomic mass is 16.1. The third kappa shape index (κ3) is 2.67. The fourth-order valence-corrected chi connectivity index (χ4v) is 1.72. The van der Waals surface area contributed by atoms with Crippen LogP contribution < -0.4 is 5.32 Å². The molecular formula is C15H14N2O. The van der Waals surface area contributed by atoms with Gasteiger partial charge in [0.15, 0.2) is 0 Å². The number of aromatic nitrogens is 1. The molecule has 0 spiro atoms. The minimum atomic E-state index is -0.191. The molecule has 3 heteroatoms. The van der Waals surface area contributed by atoms with Gasteiger partial charge in [-0.2, -0.15) is 0 Å². The maximum atomic E-state index is 11.9. The third-order valence-corrected chi connectivity index (χ3v) is 2.63. The minimum Gasteiger partial charge on any atom is -0.347 e. The van der Waals surface area contributed by atoms with E-state index >= 15 is 0 Å². The summed E-state index contributed by atoms with van der Waals surface area (Å²) >= 11 is 0. The summed E-state index contributed by atoms with van der Waals surface area (Å²) < 4.78 is 0. The monoisotopic (exact) mass is 238 g/mol. The van der Waals surface area contributed by atoms with E-state index < -0.39 is 0 Å². The van der Waals surface area contributed by atoms with Crippen LogP contribution in [0.1, 0.15) is 23.8 Å². The molecule has 1 unspecified atom stereocenters. The maximum absolute atomic E-state index is 11.9. The van der Waals surface area contributed by atoms with Gasteiger partial charge in [0.25, 0.3) is 5.91 Å². The molecule has 0 aliphatic carbocycles. The number of nitrogens with one attached hydrogen (secondary N) is 1. The Morgan fingerprint density at radius 1 is 1.39 bits per heavy atom. The zero-order valence-electron chi connectivity index (χ0n) is 10.2. The number of hydrogen-bond acceptors (Lipinski definition) is 2. The second-order valence-corrected chi connectivity index (χ2v) is 4.17. The molecule has 1 N–H and O–H groups in total. The largest absolute Gasteiger partial charge is 0.347 e. The Bertz CT molecular complexity index is 613. The maximum Gasteiger partial charge on any atom is 0.270 e. The zero-order valence-corrected chi connectivity index (χ0v) is 10.2. The molecule has 0 aliphatic rings. The van der Waals surface area contributed by atoms with Crippen molar-refractivity contribution < 1.29 is 4.79 Å². The van der Waals surface area contributed by atoms with Crippen LogP contribution in [0.25, 0.3) is 10.9 Å². The Morgan fingerprint density at radius 2 is 2.17 bits per heavy atom. The molecule has 3 nitrogen and oxygen atoms in total. The Morgan fingerprint density at radius 3 is 2.94 bits per heavy atom. The van der Waals surface area contributed by atoms with E-state index in [1.165, 1.54) is 0 Å². The number of carbonyl (C=O) groups is 1. The van der Waals surface area contributed by atoms with E-state index in [0.29, 0.717) is 12.1 Å². The molecule has 90 valence electrons. The summed E-state index contributed by atoms with van der Waals surface area (Å²) in [7, 11) is 0. The predicted octanol–water partition coefficient (Wildman–Crippen LogP) is 2.38. The first-order valence-corrected chi connectivity index (χ1v) is 5.81. The first kappa shape index (κ1) is 12.1. The number of benzene rings is 1. The van der Waals surface area contributed by atoms with Gasteiger partial charge in [0, 0.05) is 17.8 Å². The molecule has 1 aromatic carbocycles. The molecule has 1 amide bonds. The molecule has 1 aromatic heterocycles. The average molecular weight is 238 g/mol. The fourth-order valence-electron chi connectivity index (χ4n) is 1.72. The average Bonchev–Trinajstić information content (AvgIpc) is 2.38. The van der Waals surface area contributed by atoms with Gasteiger partial charge in [-0.1, -0.05) is 24.3 Å². The van der Waals surface area contributed by atoms with Crippen LogP contribution in [0.15, 0.2) is 36.4 Å². The smallest absolute Gasteiger partial charge is 0.270 e. The number of hydrogen-bond donors (Lipinski definition) is 1. The van der Waals surface area contributed by atoms with E-state index in [0.717, 1.165) is 10.9 Å². The molecule has 0 fully saturated rings. The molecule has 18 heavy (non-hydrogen) atoms. The summed E-state index contributed by atoms with van der Waals surface area (Å²) in [6.07, 6.45) is 5.71. The van der Waals surface area contributed by atoms with Crippen molar-refractivity contribution >= 4 is 16.8 Å². The molecule has 0 radical (unpaired) electrons. The summed E-state index contributed by atoms with van der Waals surface area (Å²) in [6.45, 7) is 1.87. The van der Waals surface area contributed by atoms with Gasteiger partial charge >= 0.3 is 0 Å². The summed E-state index contributed by atoms with van der Waals surface area (Å²) in [5.41, 5.74) is 1.23. The van der Waals surface area contributed by atoms with E-state index in [1.807, 2.05) is 37.3 Å². The Kier molecular flexibility index (Phi) is 3.59. The van der Waals surface area contributed by atoms with Crippen molar-refractivity contribution in [1.82, 2.24) is 10.3 Å². The van der Waals surface area contributed by atoms with Crippen molar-refractivity contribution in [2.24, 2.45) is 0 Å². The van der Waals surface area contributed by atoms with Gasteiger partial charge in [0.1, 0.15) is 5.69 Å². The summed E-state index contributed by atoms with van der Waals surface area (Å²) in [5.74, 6) is 2.33. The molecular weight excluding hydrogens is 224 g/mol. The summed E-state index contributed by atoms with van der Waals surface area (Å²) in [6, 6.07) is 11.3. The van der Waals surface area contributed by atoms with Crippen LogP contribution in [0.2, 0.25) is 0 Å². The highest BCUT2D eigenvalue weighted by molar-refractivity contribution is 5.95. The second kappa shape index (κ2) is 5.33. The quantitative estimate of drug-likeness (QED) is 0.834. The SMILES string of the molecule is C#CCC(C)NC(=O)c1ccc2ccccc2n1. The molecule has 2 aromatic rings. The van der Waals surface area contributed by atoms with E-state index in [1.54, 1.807) is 6.07 Å². The number of pyridine rings is 1. The Balaban J connectivity index is 2.21. The van der Waals surface area contributed by atoms with Crippen LogP contribution in [-0.4, -0.2) is 16.9 Å². The molecule has 0 saturated heterocycles. The lowest BCUT2D eigenvalue weighted by Gasteiger charge is -2.10. The van der Waals surface area contributed by atoms with Gasteiger partial charge in [0.05, 0.1) is 5.52 Å². The van der Waals surface area contributed by atoms with Gasteiger partial charge in [-0.05, 0) is 19.1 Å². The van der Waals surface area contributed by atoms with E-state index in [9.17, 15) is 4.79 Å². The molecule has 0 bridgehead atoms. The van der Waals surface area contributed by atoms with E-state index in [2.05, 4.69) is 16.2 Å². The van der Waals surface area contributed by atoms with Crippen LogP contribution in [0.3, 0.4) is 0 Å². The topological polar surface area (TPSA) is 42.0 Å². The number of amides is 1. The number of para-hydroxylation sites is 1. The third-order valence-electron chi connectivity index (χ3n) is 2.63. The van der Waals surface area contributed by atoms with E-state index in [-0.39, 0.29) is 11.9 Å². The normalized spacial score (nSPS) is 11.8. The van der Waals surface area contributed by atoms with Crippen molar-refractivity contribution in [2.75, 3.05) is 0 Å². The van der Waals surface area contributed by atoms with Gasteiger partial charge in [0.2, 0.25) is 0 Å². The van der Waals surface area contributed by atoms with Gasteiger partial charge in [-0.15, -0.1) is 12.3 Å². The van der Waals surface area contributed by atoms with Crippen LogP contribution in [0.4, 0.5) is 0 Å². The summed E-state index contributed by atoms with van der Waals surface area (Å²) in [5, 5.41) is 3.84. The molecule has 1 atom stereocenters. The van der Waals surface area contributed by atoms with Gasteiger partial charge in [-0.3, -0.25) is 4.79 Å². The lowest BCUT2D eigenvalue weighted by Crippen LogP contribution is -2.32. The zero-order chi connectivity index (χ0) is 13.0. The Hall–Kier alpha value is -2.34. The highest BCUT2D eigenvalue weighted by Gasteiger charge is 2.10. The van der Waals surface area contributed by atoms with Gasteiger partial charge in [-0.25, -0.2) is 4.98 Å². The standard InChI is InChI=1S/C15H14N2O/c1-3-6-11(2)16-15(18)14-10-9-12-7-4-5-8-13(12)17-14/h1,4-5,7-11H,6H2,2H3,(H,16,18). The van der Waals surface area contributed by atoms with Crippen LogP contribution in [0, 0.1) is 12.3 Å². The molecule has 0 aliphatic heterocycles. The number of nitrogens with zero attached hydrogens (tertiary/aromatic N) is 1. The Labute approximate surface area is 106 Å². The lowest BCUT2D eigenvalue weighted by atomic mass is 10.2. The number of terminal acetylenes is 1. The number of rotatable bonds is 3. The van der Waals surface area contributed by atoms with Crippen LogP contribution >= 0.6 is 0 Å². The summed E-state index contributed by atoms with van der Waals surface area (Å²) in [4.78, 5) is 16.3. The predicted molar refractivity (Wildman–Crippen MR) is 72.1 cm³/mol. The van der Waals surface area contributed by atoms with Gasteiger partial charge < -0.3 is 5.32 Å². The first-order chi connectivity index (χ1) is 8.70. The van der Waals surface area contributed by atoms with Crippen molar-refractivity contribution in [1.29, 1.82) is 0 Å². The first-order valence-electron chi connectivity index (χ1n) is 5.81. The fraction of sp³-hybridized carbons (Fsp3) is 0.200. The van der Waals surface area contributed by atoms with Crippen LogP contribution in [0.5, 0.6) is 0 Å². The molecule has 2 rings (SSSR count).